The van der Waals surface area contributed by atoms with Gasteiger partial charge >= 0.3 is 0 Å². The molecule has 0 saturated carbocycles. The number of carbonyl (C=O) groups is 1. The molecule has 0 aliphatic rings. The number of imidazole rings is 1. The van der Waals surface area contributed by atoms with E-state index in [4.69, 9.17) is 15.3 Å². The monoisotopic (exact) mass is 334 g/mol. The maximum Gasteiger partial charge on any atom is 0.260 e. The molecule has 3 rings (SSSR count). The molecular weight excluding hydrogens is 320 g/mol. The van der Waals surface area contributed by atoms with Gasteiger partial charge in [-0.3, -0.25) is 10.1 Å². The number of nitrogens with zero attached hydrogens (tertiary/aromatic N) is 4. The third kappa shape index (κ3) is 3.07. The van der Waals surface area contributed by atoms with Crippen LogP contribution in [-0.2, 0) is 11.3 Å². The third-order valence-corrected chi connectivity index (χ3v) is 3.72. The first-order chi connectivity index (χ1) is 12.2. The second-order valence-corrected chi connectivity index (χ2v) is 5.23. The highest BCUT2D eigenvalue weighted by atomic mass is 16.5. The van der Waals surface area contributed by atoms with Crippen LogP contribution in [0.4, 0.5) is 5.95 Å². The normalized spacial score (nSPS) is 10.4. The number of nitrogens with one attached hydrogen (secondary N) is 2. The van der Waals surface area contributed by atoms with Gasteiger partial charge in [-0.1, -0.05) is 18.2 Å². The molecule has 0 radical (unpaired) electrons. The van der Waals surface area contributed by atoms with Crippen molar-refractivity contribution in [2.45, 2.75) is 6.54 Å². The van der Waals surface area contributed by atoms with E-state index < -0.39 is 0 Å². The molecule has 1 aromatic carbocycles. The summed E-state index contributed by atoms with van der Waals surface area (Å²) in [6.45, 7) is 1.14. The number of aromatic nitrogens is 3. The third-order valence-electron chi connectivity index (χ3n) is 3.72. The topological polar surface area (TPSA) is 120 Å². The number of nitriles is 2. The van der Waals surface area contributed by atoms with E-state index in [2.05, 4.69) is 15.3 Å². The molecule has 8 heteroatoms. The molecule has 0 saturated heterocycles. The standard InChI is InChI=1S/C17H14N6O2/c1-25-7-6-23-10-12(11-4-2-3-5-15(11)23)16(24)22-17-20-13(8-18)14(9-19)21-17/h2-5,10H,6-7H2,1H3,(H2,20,21,22,24). The van der Waals surface area contributed by atoms with Crippen molar-refractivity contribution in [2.24, 2.45) is 0 Å². The number of hydrogen-bond donors (Lipinski definition) is 2. The fourth-order valence-corrected chi connectivity index (χ4v) is 2.57. The van der Waals surface area contributed by atoms with Gasteiger partial charge in [-0.25, -0.2) is 4.98 Å². The van der Waals surface area contributed by atoms with Gasteiger partial charge in [0.15, 0.2) is 11.4 Å². The van der Waals surface area contributed by atoms with Gasteiger partial charge in [0.05, 0.1) is 12.2 Å². The molecule has 124 valence electrons. The van der Waals surface area contributed by atoms with E-state index >= 15 is 0 Å². The number of rotatable bonds is 5. The lowest BCUT2D eigenvalue weighted by Gasteiger charge is -2.03. The van der Waals surface area contributed by atoms with Crippen LogP contribution in [0, 0.1) is 22.7 Å². The van der Waals surface area contributed by atoms with Crippen molar-refractivity contribution < 1.29 is 9.53 Å². The maximum atomic E-state index is 12.6. The van der Waals surface area contributed by atoms with Crippen LogP contribution < -0.4 is 5.32 Å². The maximum absolute atomic E-state index is 12.6. The fraction of sp³-hybridized carbons (Fsp3) is 0.176. The smallest absolute Gasteiger partial charge is 0.260 e. The average molecular weight is 334 g/mol. The van der Waals surface area contributed by atoms with Gasteiger partial charge < -0.3 is 14.3 Å². The molecule has 0 bridgehead atoms. The van der Waals surface area contributed by atoms with Gasteiger partial charge in [0.25, 0.3) is 5.91 Å². The number of carbonyl (C=O) groups excluding carboxylic acids is 1. The minimum atomic E-state index is -0.380. The van der Waals surface area contributed by atoms with E-state index in [0.717, 1.165) is 10.9 Å². The van der Waals surface area contributed by atoms with Crippen LogP contribution in [0.5, 0.6) is 0 Å². The minimum absolute atomic E-state index is 0.0142. The number of aromatic amines is 1. The van der Waals surface area contributed by atoms with E-state index in [1.165, 1.54) is 0 Å². The number of anilines is 1. The predicted molar refractivity (Wildman–Crippen MR) is 89.8 cm³/mol. The molecule has 3 aromatic rings. The summed E-state index contributed by atoms with van der Waals surface area (Å²) < 4.78 is 7.04. The Morgan fingerprint density at radius 2 is 2.16 bits per heavy atom. The number of methoxy groups -OCH3 is 1. The molecule has 0 aliphatic heterocycles. The average Bonchev–Trinajstić information content (AvgIpc) is 3.20. The highest BCUT2D eigenvalue weighted by molar-refractivity contribution is 6.12. The Kier molecular flexibility index (Phi) is 4.46. The molecule has 0 aliphatic carbocycles. The van der Waals surface area contributed by atoms with E-state index in [0.29, 0.717) is 18.7 Å². The van der Waals surface area contributed by atoms with Crippen LogP contribution in [0.3, 0.4) is 0 Å². The van der Waals surface area contributed by atoms with E-state index in [1.54, 1.807) is 19.4 Å². The first-order valence-corrected chi connectivity index (χ1v) is 7.46. The Morgan fingerprint density at radius 1 is 1.36 bits per heavy atom. The first kappa shape index (κ1) is 16.2. The number of hydrogen-bond acceptors (Lipinski definition) is 5. The minimum Gasteiger partial charge on any atom is -0.383 e. The Hall–Kier alpha value is -3.62. The molecule has 0 unspecified atom stereocenters. The van der Waals surface area contributed by atoms with Gasteiger partial charge in [-0.15, -0.1) is 0 Å². The summed E-state index contributed by atoms with van der Waals surface area (Å²) in [6.07, 6.45) is 1.75. The van der Waals surface area contributed by atoms with Crippen molar-refractivity contribution in [3.63, 3.8) is 0 Å². The summed E-state index contributed by atoms with van der Waals surface area (Å²) in [7, 11) is 1.62. The largest absolute Gasteiger partial charge is 0.383 e. The van der Waals surface area contributed by atoms with Crippen molar-refractivity contribution in [1.82, 2.24) is 14.5 Å². The lowest BCUT2D eigenvalue weighted by Crippen LogP contribution is -2.13. The number of benzene rings is 1. The van der Waals surface area contributed by atoms with Crippen molar-refractivity contribution in [1.29, 1.82) is 10.5 Å². The van der Waals surface area contributed by atoms with Crippen LogP contribution in [0.15, 0.2) is 30.5 Å². The highest BCUT2D eigenvalue weighted by Gasteiger charge is 2.17. The van der Waals surface area contributed by atoms with Gasteiger partial charge in [0, 0.05) is 30.8 Å². The summed E-state index contributed by atoms with van der Waals surface area (Å²) >= 11 is 0. The van der Waals surface area contributed by atoms with Crippen molar-refractivity contribution in [2.75, 3.05) is 19.0 Å². The first-order valence-electron chi connectivity index (χ1n) is 7.46. The van der Waals surface area contributed by atoms with Gasteiger partial charge in [0.1, 0.15) is 12.1 Å². The van der Waals surface area contributed by atoms with E-state index in [1.807, 2.05) is 34.9 Å². The fourth-order valence-electron chi connectivity index (χ4n) is 2.57. The van der Waals surface area contributed by atoms with Crippen LogP contribution in [0.2, 0.25) is 0 Å². The Bertz CT molecular complexity index is 987. The van der Waals surface area contributed by atoms with E-state index in [-0.39, 0.29) is 23.2 Å². The molecular formula is C17H14N6O2. The molecule has 25 heavy (non-hydrogen) atoms. The molecule has 2 aromatic heterocycles. The molecule has 0 spiro atoms. The zero-order chi connectivity index (χ0) is 17.8. The molecule has 0 atom stereocenters. The van der Waals surface area contributed by atoms with E-state index in [9.17, 15) is 4.79 Å². The Labute approximate surface area is 143 Å². The zero-order valence-electron chi connectivity index (χ0n) is 13.4. The van der Waals surface area contributed by atoms with Crippen LogP contribution >= 0.6 is 0 Å². The highest BCUT2D eigenvalue weighted by Crippen LogP contribution is 2.22. The molecule has 1 amide bonds. The SMILES string of the molecule is COCCn1cc(C(=O)Nc2nc(C#N)c(C#N)[nH]2)c2ccccc21. The molecule has 0 fully saturated rings. The van der Waals surface area contributed by atoms with Crippen LogP contribution in [0.25, 0.3) is 10.9 Å². The number of fused-ring (bicyclic) bond motifs is 1. The van der Waals surface area contributed by atoms with Gasteiger partial charge in [-0.2, -0.15) is 10.5 Å². The number of amides is 1. The number of ether oxygens (including phenoxy) is 1. The second-order valence-electron chi connectivity index (χ2n) is 5.23. The molecule has 2 N–H and O–H groups in total. The van der Waals surface area contributed by atoms with Crippen molar-refractivity contribution in [3.8, 4) is 12.1 Å². The summed E-state index contributed by atoms with van der Waals surface area (Å²) in [5.74, 6) is -0.318. The molecule has 2 heterocycles. The van der Waals surface area contributed by atoms with Crippen LogP contribution in [0.1, 0.15) is 21.7 Å². The van der Waals surface area contributed by atoms with Crippen molar-refractivity contribution in [3.05, 3.63) is 47.4 Å². The second kappa shape index (κ2) is 6.87. The van der Waals surface area contributed by atoms with Crippen molar-refractivity contribution >= 4 is 22.8 Å². The summed E-state index contributed by atoms with van der Waals surface area (Å²) in [5, 5.41) is 21.3. The lowest BCUT2D eigenvalue weighted by atomic mass is 10.1. The van der Waals surface area contributed by atoms with Crippen LogP contribution in [-0.4, -0.2) is 34.2 Å². The Balaban J connectivity index is 1.94. The molecule has 8 nitrogen and oxygen atoms in total. The Morgan fingerprint density at radius 3 is 2.84 bits per heavy atom. The zero-order valence-corrected chi connectivity index (χ0v) is 13.4. The number of para-hydroxylation sites is 1. The lowest BCUT2D eigenvalue weighted by molar-refractivity contribution is 0.102. The summed E-state index contributed by atoms with van der Waals surface area (Å²) in [6, 6.07) is 11.2. The summed E-state index contributed by atoms with van der Waals surface area (Å²) in [4.78, 5) is 19.2. The summed E-state index contributed by atoms with van der Waals surface area (Å²) in [5.41, 5.74) is 1.35. The van der Waals surface area contributed by atoms with Gasteiger partial charge in [0.2, 0.25) is 5.95 Å². The quantitative estimate of drug-likeness (QED) is 0.739. The number of H-pyrrole nitrogens is 1. The predicted octanol–water partition coefficient (Wildman–Crippen LogP) is 2.01. The van der Waals surface area contributed by atoms with Gasteiger partial charge in [-0.05, 0) is 6.07 Å².